The number of alkyl halides is 3. The normalized spacial score (nSPS) is 12.8. The Labute approximate surface area is 163 Å². The number of benzene rings is 2. The predicted octanol–water partition coefficient (Wildman–Crippen LogP) is 4.69. The SMILES string of the molecule is Cc1cccc2c(Cl)c(C(C)NC(=O)C(F)(F)F)n(-c3ccccc3)c(=O)c12. The number of nitrogens with one attached hydrogen (secondary N) is 1. The molecule has 0 aliphatic rings. The van der Waals surface area contributed by atoms with E-state index >= 15 is 0 Å². The highest BCUT2D eigenvalue weighted by Crippen LogP contribution is 2.32. The first-order chi connectivity index (χ1) is 13.1. The highest BCUT2D eigenvalue weighted by molar-refractivity contribution is 6.36. The minimum Gasteiger partial charge on any atom is -0.340 e. The van der Waals surface area contributed by atoms with Crippen molar-refractivity contribution in [1.29, 1.82) is 0 Å². The zero-order chi connectivity index (χ0) is 20.6. The molecule has 8 heteroatoms. The average molecular weight is 409 g/mol. The maximum Gasteiger partial charge on any atom is 0.471 e. The summed E-state index contributed by atoms with van der Waals surface area (Å²) in [7, 11) is 0. The molecule has 0 saturated carbocycles. The highest BCUT2D eigenvalue weighted by Gasteiger charge is 2.40. The van der Waals surface area contributed by atoms with Crippen LogP contribution in [0.1, 0.15) is 24.2 Å². The molecule has 0 radical (unpaired) electrons. The standard InChI is InChI=1S/C20H16ClF3N2O2/c1-11-7-6-10-14-15(11)18(27)26(13-8-4-3-5-9-13)17(16(14)21)12(2)25-19(28)20(22,23)24/h3-10,12H,1-2H3,(H,25,28). The van der Waals surface area contributed by atoms with Crippen molar-refractivity contribution < 1.29 is 18.0 Å². The summed E-state index contributed by atoms with van der Waals surface area (Å²) in [6.45, 7) is 3.11. The number of pyridine rings is 1. The Morgan fingerprint density at radius 3 is 2.36 bits per heavy atom. The molecule has 28 heavy (non-hydrogen) atoms. The molecule has 0 aliphatic heterocycles. The van der Waals surface area contributed by atoms with Gasteiger partial charge >= 0.3 is 12.1 Å². The maximum absolute atomic E-state index is 13.3. The third-order valence-electron chi connectivity index (χ3n) is 4.42. The predicted molar refractivity (Wildman–Crippen MR) is 102 cm³/mol. The molecule has 0 aliphatic carbocycles. The van der Waals surface area contributed by atoms with Crippen LogP contribution in [0.15, 0.2) is 53.3 Å². The van der Waals surface area contributed by atoms with Gasteiger partial charge in [0.15, 0.2) is 0 Å². The van der Waals surface area contributed by atoms with Gasteiger partial charge < -0.3 is 5.32 Å². The third-order valence-corrected chi connectivity index (χ3v) is 4.82. The van der Waals surface area contributed by atoms with Crippen LogP contribution >= 0.6 is 11.6 Å². The Morgan fingerprint density at radius 2 is 1.75 bits per heavy atom. The first-order valence-electron chi connectivity index (χ1n) is 8.39. The molecule has 1 unspecified atom stereocenters. The van der Waals surface area contributed by atoms with Gasteiger partial charge in [0.25, 0.3) is 5.56 Å². The topological polar surface area (TPSA) is 51.1 Å². The lowest BCUT2D eigenvalue weighted by atomic mass is 10.0. The molecular formula is C20H16ClF3N2O2. The van der Waals surface area contributed by atoms with Gasteiger partial charge in [-0.2, -0.15) is 13.2 Å². The van der Waals surface area contributed by atoms with Crippen molar-refractivity contribution in [2.75, 3.05) is 0 Å². The summed E-state index contributed by atoms with van der Waals surface area (Å²) in [5.74, 6) is -2.10. The van der Waals surface area contributed by atoms with Crippen LogP contribution in [0.5, 0.6) is 0 Å². The van der Waals surface area contributed by atoms with Crippen LogP contribution in [0.3, 0.4) is 0 Å². The van der Waals surface area contributed by atoms with Gasteiger partial charge in [-0.15, -0.1) is 0 Å². The minimum absolute atomic E-state index is 0.0774. The monoisotopic (exact) mass is 408 g/mol. The van der Waals surface area contributed by atoms with E-state index < -0.39 is 23.7 Å². The fourth-order valence-electron chi connectivity index (χ4n) is 3.16. The van der Waals surface area contributed by atoms with E-state index in [1.165, 1.54) is 11.5 Å². The molecule has 0 bridgehead atoms. The third kappa shape index (κ3) is 3.49. The van der Waals surface area contributed by atoms with Gasteiger partial charge in [0, 0.05) is 11.1 Å². The second-order valence-electron chi connectivity index (χ2n) is 6.37. The number of amides is 1. The number of fused-ring (bicyclic) bond motifs is 1. The van der Waals surface area contributed by atoms with Crippen LogP contribution in [0.4, 0.5) is 13.2 Å². The number of hydrogen-bond donors (Lipinski definition) is 1. The molecule has 1 aromatic heterocycles. The summed E-state index contributed by atoms with van der Waals surface area (Å²) in [6.07, 6.45) is -5.05. The number of rotatable bonds is 3. The fraction of sp³-hybridized carbons (Fsp3) is 0.200. The Balaban J connectivity index is 2.33. The van der Waals surface area contributed by atoms with Crippen LogP contribution in [-0.4, -0.2) is 16.7 Å². The summed E-state index contributed by atoms with van der Waals surface area (Å²) in [5.41, 5.74) is 0.774. The van der Waals surface area contributed by atoms with E-state index in [9.17, 15) is 22.8 Å². The number of aromatic nitrogens is 1. The van der Waals surface area contributed by atoms with Crippen molar-refractivity contribution in [2.24, 2.45) is 0 Å². The fourth-order valence-corrected chi connectivity index (χ4v) is 3.56. The molecule has 3 aromatic rings. The summed E-state index contributed by atoms with van der Waals surface area (Å²) in [4.78, 5) is 24.7. The van der Waals surface area contributed by atoms with Crippen LogP contribution in [0.25, 0.3) is 16.5 Å². The van der Waals surface area contributed by atoms with Gasteiger partial charge in [0.05, 0.1) is 22.1 Å². The van der Waals surface area contributed by atoms with Crippen LogP contribution in [0.2, 0.25) is 5.02 Å². The quantitative estimate of drug-likeness (QED) is 0.683. The number of carbonyl (C=O) groups excluding carboxylic acids is 1. The molecule has 3 rings (SSSR count). The van der Waals surface area contributed by atoms with Crippen molar-refractivity contribution in [3.05, 3.63) is 75.2 Å². The van der Waals surface area contributed by atoms with Crippen molar-refractivity contribution in [3.8, 4) is 5.69 Å². The van der Waals surface area contributed by atoms with Gasteiger partial charge in [-0.1, -0.05) is 48.0 Å². The first kappa shape index (κ1) is 19.9. The molecule has 0 saturated heterocycles. The molecule has 146 valence electrons. The Kier molecular flexibility index (Phi) is 5.21. The first-order valence-corrected chi connectivity index (χ1v) is 8.77. The number of carbonyl (C=O) groups is 1. The van der Waals surface area contributed by atoms with Crippen molar-refractivity contribution in [1.82, 2.24) is 9.88 Å². The molecule has 2 aromatic carbocycles. The number of halogens is 4. The Hall–Kier alpha value is -2.80. The van der Waals surface area contributed by atoms with E-state index in [0.29, 0.717) is 22.0 Å². The number of aryl methyl sites for hydroxylation is 1. The minimum atomic E-state index is -5.05. The van der Waals surface area contributed by atoms with Gasteiger partial charge in [-0.05, 0) is 31.5 Å². The number of nitrogens with zero attached hydrogens (tertiary/aromatic N) is 1. The van der Waals surface area contributed by atoms with Crippen LogP contribution < -0.4 is 10.9 Å². The average Bonchev–Trinajstić information content (AvgIpc) is 2.64. The molecule has 0 spiro atoms. The molecular weight excluding hydrogens is 393 g/mol. The number of para-hydroxylation sites is 1. The van der Waals surface area contributed by atoms with Crippen molar-refractivity contribution in [3.63, 3.8) is 0 Å². The zero-order valence-electron chi connectivity index (χ0n) is 15.0. The molecule has 1 N–H and O–H groups in total. The second kappa shape index (κ2) is 7.31. The smallest absolute Gasteiger partial charge is 0.340 e. The highest BCUT2D eigenvalue weighted by atomic mass is 35.5. The Morgan fingerprint density at radius 1 is 1.11 bits per heavy atom. The Bertz CT molecular complexity index is 1110. The van der Waals surface area contributed by atoms with E-state index in [1.807, 2.05) is 5.32 Å². The van der Waals surface area contributed by atoms with Crippen molar-refractivity contribution in [2.45, 2.75) is 26.1 Å². The van der Waals surface area contributed by atoms with Crippen LogP contribution in [0, 0.1) is 6.92 Å². The molecule has 4 nitrogen and oxygen atoms in total. The zero-order valence-corrected chi connectivity index (χ0v) is 15.7. The van der Waals surface area contributed by atoms with Gasteiger partial charge in [-0.25, -0.2) is 0 Å². The van der Waals surface area contributed by atoms with E-state index in [-0.39, 0.29) is 10.7 Å². The molecule has 1 heterocycles. The van der Waals surface area contributed by atoms with Crippen molar-refractivity contribution >= 4 is 28.3 Å². The summed E-state index contributed by atoms with van der Waals surface area (Å²) in [5, 5.41) is 2.78. The molecule has 1 atom stereocenters. The summed E-state index contributed by atoms with van der Waals surface area (Å²) in [6, 6.07) is 12.3. The van der Waals surface area contributed by atoms with E-state index in [0.717, 1.165) is 0 Å². The largest absolute Gasteiger partial charge is 0.471 e. The summed E-state index contributed by atoms with van der Waals surface area (Å²) >= 11 is 6.54. The number of hydrogen-bond acceptors (Lipinski definition) is 2. The van der Waals surface area contributed by atoms with Gasteiger partial charge in [-0.3, -0.25) is 14.2 Å². The lowest BCUT2D eigenvalue weighted by Crippen LogP contribution is -2.40. The maximum atomic E-state index is 13.3. The molecule has 0 fully saturated rings. The second-order valence-corrected chi connectivity index (χ2v) is 6.74. The molecule has 1 amide bonds. The van der Waals surface area contributed by atoms with E-state index in [4.69, 9.17) is 11.6 Å². The van der Waals surface area contributed by atoms with E-state index in [2.05, 4.69) is 0 Å². The van der Waals surface area contributed by atoms with Gasteiger partial charge in [0.2, 0.25) is 0 Å². The van der Waals surface area contributed by atoms with E-state index in [1.54, 1.807) is 55.5 Å². The lowest BCUT2D eigenvalue weighted by molar-refractivity contribution is -0.174. The lowest BCUT2D eigenvalue weighted by Gasteiger charge is -2.23. The summed E-state index contributed by atoms with van der Waals surface area (Å²) < 4.78 is 39.4. The van der Waals surface area contributed by atoms with Crippen LogP contribution in [-0.2, 0) is 4.79 Å². The van der Waals surface area contributed by atoms with Gasteiger partial charge in [0.1, 0.15) is 0 Å².